The Labute approximate surface area is 105 Å². The molecule has 10 heteroatoms. The summed E-state index contributed by atoms with van der Waals surface area (Å²) in [5, 5.41) is 13.3. The standard InChI is InChI=1S/C7H13BN2O5S2/c1-14-3-4-17(12,13)10-8(11)5-7(6-9-10)15-16-2/h5-6,11H,3-4H2,1-2H3. The van der Waals surface area contributed by atoms with E-state index in [1.54, 1.807) is 6.26 Å². The van der Waals surface area contributed by atoms with E-state index in [0.29, 0.717) is 10.1 Å². The Morgan fingerprint density at radius 1 is 1.65 bits per heavy atom. The molecular formula is C7H13BN2O5S2. The van der Waals surface area contributed by atoms with E-state index >= 15 is 0 Å². The summed E-state index contributed by atoms with van der Waals surface area (Å²) in [6.45, 7) is 0.0406. The molecule has 0 saturated carbocycles. The molecule has 1 heterocycles. The van der Waals surface area contributed by atoms with Gasteiger partial charge in [-0.1, -0.05) is 0 Å². The predicted molar refractivity (Wildman–Crippen MR) is 66.6 cm³/mol. The smallest absolute Gasteiger partial charge is 0.427 e. The number of sulfonamides is 1. The molecule has 1 aliphatic rings. The minimum absolute atomic E-state index is 0.0406. The topological polar surface area (TPSA) is 88.4 Å². The van der Waals surface area contributed by atoms with Crippen LogP contribution in [0.15, 0.2) is 16.8 Å². The molecule has 0 saturated heterocycles. The van der Waals surface area contributed by atoms with Crippen LogP contribution in [0.3, 0.4) is 0 Å². The fourth-order valence-electron chi connectivity index (χ4n) is 1.10. The Balaban J connectivity index is 2.74. The Hall–Kier alpha value is -0.705. The zero-order valence-corrected chi connectivity index (χ0v) is 11.1. The first-order valence-corrected chi connectivity index (χ1v) is 7.42. The number of hydrazone groups is 1. The van der Waals surface area contributed by atoms with Gasteiger partial charge in [0.15, 0.2) is 0 Å². The molecule has 96 valence electrons. The largest absolute Gasteiger partial charge is 0.479 e. The van der Waals surface area contributed by atoms with Gasteiger partial charge in [-0.2, -0.15) is 5.10 Å². The number of ether oxygens (including phenoxy) is 1. The second kappa shape index (κ2) is 6.29. The predicted octanol–water partition coefficient (Wildman–Crippen LogP) is -0.538. The van der Waals surface area contributed by atoms with Crippen LogP contribution in [0, 0.1) is 0 Å². The molecule has 7 nitrogen and oxygen atoms in total. The lowest BCUT2D eigenvalue weighted by atomic mass is 9.84. The summed E-state index contributed by atoms with van der Waals surface area (Å²) in [7, 11) is -3.64. The summed E-state index contributed by atoms with van der Waals surface area (Å²) in [6, 6.07) is 0. The van der Waals surface area contributed by atoms with Crippen molar-refractivity contribution in [2.24, 2.45) is 5.10 Å². The van der Waals surface area contributed by atoms with Crippen LogP contribution in [0.5, 0.6) is 0 Å². The van der Waals surface area contributed by atoms with Gasteiger partial charge in [0.2, 0.25) is 10.0 Å². The highest BCUT2D eigenvalue weighted by atomic mass is 32.2. The summed E-state index contributed by atoms with van der Waals surface area (Å²) in [5.41, 5.74) is 0. The molecule has 0 atom stereocenters. The van der Waals surface area contributed by atoms with Crippen molar-refractivity contribution in [3.63, 3.8) is 0 Å². The quantitative estimate of drug-likeness (QED) is 0.519. The van der Waals surface area contributed by atoms with Crippen LogP contribution >= 0.6 is 12.0 Å². The number of rotatable bonds is 6. The zero-order chi connectivity index (χ0) is 12.9. The fraction of sp³-hybridized carbons (Fsp3) is 0.571. The van der Waals surface area contributed by atoms with Gasteiger partial charge in [0.05, 0.1) is 30.6 Å². The van der Waals surface area contributed by atoms with Gasteiger partial charge in [-0.25, -0.2) is 12.7 Å². The summed E-state index contributed by atoms with van der Waals surface area (Å²) >= 11 is 1.07. The van der Waals surface area contributed by atoms with Crippen molar-refractivity contribution in [3.8, 4) is 0 Å². The monoisotopic (exact) mass is 280 g/mol. The van der Waals surface area contributed by atoms with Crippen molar-refractivity contribution in [2.45, 2.75) is 0 Å². The maximum Gasteiger partial charge on any atom is 0.479 e. The highest BCUT2D eigenvalue weighted by Gasteiger charge is 2.33. The summed E-state index contributed by atoms with van der Waals surface area (Å²) in [5.74, 6) is 1.32. The molecule has 0 unspecified atom stereocenters. The average Bonchev–Trinajstić information content (AvgIpc) is 2.26. The highest BCUT2D eigenvalue weighted by Crippen LogP contribution is 2.14. The molecule has 1 aliphatic heterocycles. The van der Waals surface area contributed by atoms with Crippen molar-refractivity contribution in [3.05, 3.63) is 11.7 Å². The number of nitrogens with zero attached hydrogens (tertiary/aromatic N) is 2. The zero-order valence-electron chi connectivity index (χ0n) is 9.44. The molecule has 0 radical (unpaired) electrons. The molecule has 1 N–H and O–H groups in total. The molecular weight excluding hydrogens is 267 g/mol. The lowest BCUT2D eigenvalue weighted by Gasteiger charge is -2.22. The minimum Gasteiger partial charge on any atom is -0.427 e. The van der Waals surface area contributed by atoms with Gasteiger partial charge in [-0.15, -0.1) is 0 Å². The van der Waals surface area contributed by atoms with Gasteiger partial charge in [-0.05, 0) is 5.98 Å². The van der Waals surface area contributed by atoms with Crippen molar-refractivity contribution in [1.29, 1.82) is 0 Å². The molecule has 0 aliphatic carbocycles. The van der Waals surface area contributed by atoms with E-state index in [2.05, 4.69) is 9.84 Å². The maximum atomic E-state index is 11.7. The molecule has 0 spiro atoms. The molecule has 0 aromatic rings. The van der Waals surface area contributed by atoms with Gasteiger partial charge < -0.3 is 13.9 Å². The maximum absolute atomic E-state index is 11.7. The van der Waals surface area contributed by atoms with Crippen molar-refractivity contribution >= 4 is 35.3 Å². The number of methoxy groups -OCH3 is 1. The normalized spacial score (nSPS) is 16.1. The Bertz CT molecular complexity index is 410. The van der Waals surface area contributed by atoms with Crippen LogP contribution in [0.25, 0.3) is 0 Å². The van der Waals surface area contributed by atoms with E-state index < -0.39 is 17.1 Å². The fourth-order valence-corrected chi connectivity index (χ4v) is 2.54. The third-order valence-electron chi connectivity index (χ3n) is 1.85. The van der Waals surface area contributed by atoms with Gasteiger partial charge >= 0.3 is 7.05 Å². The van der Waals surface area contributed by atoms with E-state index in [4.69, 9.17) is 4.18 Å². The summed E-state index contributed by atoms with van der Waals surface area (Å²) in [4.78, 5) is 0. The SMILES string of the molecule is COCCS(=O)(=O)N1N=CC(OSC)=CB1O. The Morgan fingerprint density at radius 2 is 2.35 bits per heavy atom. The van der Waals surface area contributed by atoms with Gasteiger partial charge in [0.1, 0.15) is 5.76 Å². The highest BCUT2D eigenvalue weighted by molar-refractivity contribution is 7.94. The van der Waals surface area contributed by atoms with E-state index in [1.807, 2.05) is 0 Å². The lowest BCUT2D eigenvalue weighted by molar-refractivity contribution is 0.216. The molecule has 0 aromatic carbocycles. The van der Waals surface area contributed by atoms with E-state index in [1.165, 1.54) is 19.3 Å². The van der Waals surface area contributed by atoms with Crippen molar-refractivity contribution in [1.82, 2.24) is 4.33 Å². The van der Waals surface area contributed by atoms with Gasteiger partial charge in [0, 0.05) is 13.4 Å². The third kappa shape index (κ3) is 3.91. The van der Waals surface area contributed by atoms with Crippen molar-refractivity contribution < 1.29 is 22.4 Å². The average molecular weight is 280 g/mol. The first kappa shape index (κ1) is 14.4. The van der Waals surface area contributed by atoms with Gasteiger partial charge in [0.25, 0.3) is 0 Å². The summed E-state index contributed by atoms with van der Waals surface area (Å²) < 4.78 is 33.8. The van der Waals surface area contributed by atoms with Crippen LogP contribution in [0.1, 0.15) is 0 Å². The molecule has 1 rings (SSSR count). The second-order valence-electron chi connectivity index (χ2n) is 3.06. The van der Waals surface area contributed by atoms with Crippen LogP contribution in [-0.2, 0) is 18.9 Å². The minimum atomic E-state index is -3.68. The first-order valence-electron chi connectivity index (χ1n) is 4.67. The van der Waals surface area contributed by atoms with Crippen LogP contribution < -0.4 is 0 Å². The van der Waals surface area contributed by atoms with E-state index in [0.717, 1.165) is 12.0 Å². The molecule has 0 fully saturated rings. The second-order valence-corrected chi connectivity index (χ2v) is 5.50. The lowest BCUT2D eigenvalue weighted by Crippen LogP contribution is -2.43. The number of hydrogen-bond acceptors (Lipinski definition) is 7. The van der Waals surface area contributed by atoms with Gasteiger partial charge in [-0.3, -0.25) is 0 Å². The van der Waals surface area contributed by atoms with Crippen molar-refractivity contribution in [2.75, 3.05) is 25.7 Å². The Kier molecular flexibility index (Phi) is 5.31. The molecule has 0 amide bonds. The van der Waals surface area contributed by atoms with Crippen LogP contribution in [0.2, 0.25) is 0 Å². The molecule has 0 bridgehead atoms. The van der Waals surface area contributed by atoms with Crippen LogP contribution in [-0.4, -0.2) is 56.8 Å². The van der Waals surface area contributed by atoms with E-state index in [9.17, 15) is 13.4 Å². The molecule has 17 heavy (non-hydrogen) atoms. The third-order valence-corrected chi connectivity index (χ3v) is 3.77. The first-order chi connectivity index (χ1) is 8.01. The Morgan fingerprint density at radius 3 is 2.88 bits per heavy atom. The number of hydrogen-bond donors (Lipinski definition) is 1. The van der Waals surface area contributed by atoms with E-state index in [-0.39, 0.29) is 12.4 Å². The molecule has 0 aromatic heterocycles. The summed E-state index contributed by atoms with van der Waals surface area (Å²) in [6.07, 6.45) is 2.93. The van der Waals surface area contributed by atoms with Crippen LogP contribution in [0.4, 0.5) is 0 Å². The number of allylic oxidation sites excluding steroid dienone is 1.